The number of imide groups is 1. The molecule has 0 bridgehead atoms. The molecule has 2 heterocycles. The minimum absolute atomic E-state index is 0.000244. The Morgan fingerprint density at radius 2 is 2.04 bits per heavy atom. The van der Waals surface area contributed by atoms with Gasteiger partial charge in [0.2, 0.25) is 5.88 Å². The van der Waals surface area contributed by atoms with Crippen molar-refractivity contribution >= 4 is 17.6 Å². The minimum Gasteiger partial charge on any atom is -0.496 e. The number of aryl methyl sites for hydroxylation is 1. The third kappa shape index (κ3) is 2.94. The average Bonchev–Trinajstić information content (AvgIpc) is 2.89. The highest BCUT2D eigenvalue weighted by Gasteiger charge is 2.30. The number of nitrogens with one attached hydrogen (secondary N) is 1. The normalized spacial score (nSPS) is 13.9. The van der Waals surface area contributed by atoms with Crippen molar-refractivity contribution in [1.29, 1.82) is 0 Å². The first-order valence-electron chi connectivity index (χ1n) is 6.98. The lowest BCUT2D eigenvalue weighted by Gasteiger charge is -2.13. The molecule has 7 heteroatoms. The summed E-state index contributed by atoms with van der Waals surface area (Å²) < 4.78 is 10.9. The van der Waals surface area contributed by atoms with Gasteiger partial charge in [-0.2, -0.15) is 0 Å². The number of pyridine rings is 1. The Balaban J connectivity index is 1.78. The second-order valence-corrected chi connectivity index (χ2v) is 4.98. The summed E-state index contributed by atoms with van der Waals surface area (Å²) in [4.78, 5) is 28.4. The summed E-state index contributed by atoms with van der Waals surface area (Å²) in [6, 6.07) is 8.22. The number of hydrogen-bond acceptors (Lipinski definition) is 5. The van der Waals surface area contributed by atoms with Crippen LogP contribution in [0.5, 0.6) is 17.4 Å². The van der Waals surface area contributed by atoms with Gasteiger partial charge in [0.1, 0.15) is 11.5 Å². The summed E-state index contributed by atoms with van der Waals surface area (Å²) in [7, 11) is 1.59. The van der Waals surface area contributed by atoms with E-state index in [0.717, 1.165) is 16.2 Å². The summed E-state index contributed by atoms with van der Waals surface area (Å²) in [6.45, 7) is 1.94. The Morgan fingerprint density at radius 3 is 2.65 bits per heavy atom. The van der Waals surface area contributed by atoms with E-state index in [1.165, 1.54) is 6.20 Å². The van der Waals surface area contributed by atoms with E-state index < -0.39 is 6.03 Å². The molecule has 0 atom stereocenters. The number of methoxy groups -OCH3 is 1. The topological polar surface area (TPSA) is 80.8 Å². The van der Waals surface area contributed by atoms with Gasteiger partial charge in [-0.05, 0) is 24.6 Å². The van der Waals surface area contributed by atoms with Crippen LogP contribution in [0.4, 0.5) is 10.5 Å². The third-order valence-electron chi connectivity index (χ3n) is 3.42. The molecule has 23 heavy (non-hydrogen) atoms. The zero-order valence-electron chi connectivity index (χ0n) is 12.7. The van der Waals surface area contributed by atoms with E-state index >= 15 is 0 Å². The standard InChI is InChI=1S/C16H15N3O4/c1-10-3-5-12(7-13(10)22-2)23-14-6-4-11(8-17-14)19-15(20)9-18-16(19)21/h3-8H,9H2,1-2H3,(H,18,21). The number of aromatic nitrogens is 1. The van der Waals surface area contributed by atoms with Crippen LogP contribution in [0.25, 0.3) is 0 Å². The number of hydrogen-bond donors (Lipinski definition) is 1. The van der Waals surface area contributed by atoms with Gasteiger partial charge >= 0.3 is 6.03 Å². The molecular weight excluding hydrogens is 298 g/mol. The van der Waals surface area contributed by atoms with Gasteiger partial charge in [-0.1, -0.05) is 6.07 Å². The molecule has 2 aromatic rings. The van der Waals surface area contributed by atoms with Crippen LogP contribution in [-0.4, -0.2) is 30.6 Å². The molecular formula is C16H15N3O4. The Labute approximate surface area is 132 Å². The number of amides is 3. The molecule has 1 saturated heterocycles. The van der Waals surface area contributed by atoms with Crippen molar-refractivity contribution in [2.24, 2.45) is 0 Å². The Hall–Kier alpha value is -3.09. The van der Waals surface area contributed by atoms with Crippen LogP contribution < -0.4 is 19.7 Å². The van der Waals surface area contributed by atoms with Crippen molar-refractivity contribution < 1.29 is 19.1 Å². The van der Waals surface area contributed by atoms with Crippen LogP contribution in [0.1, 0.15) is 5.56 Å². The number of rotatable bonds is 4. The van der Waals surface area contributed by atoms with E-state index in [0.29, 0.717) is 17.3 Å². The van der Waals surface area contributed by atoms with E-state index in [1.807, 2.05) is 19.1 Å². The van der Waals surface area contributed by atoms with Gasteiger partial charge in [-0.25, -0.2) is 14.7 Å². The molecule has 1 aromatic heterocycles. The van der Waals surface area contributed by atoms with Gasteiger partial charge in [-0.15, -0.1) is 0 Å². The van der Waals surface area contributed by atoms with Crippen molar-refractivity contribution in [1.82, 2.24) is 10.3 Å². The van der Waals surface area contributed by atoms with Crippen LogP contribution >= 0.6 is 0 Å². The first kappa shape index (κ1) is 14.8. The van der Waals surface area contributed by atoms with Crippen LogP contribution in [0.2, 0.25) is 0 Å². The highest BCUT2D eigenvalue weighted by Crippen LogP contribution is 2.28. The summed E-state index contributed by atoms with van der Waals surface area (Å²) in [5.41, 5.74) is 1.40. The van der Waals surface area contributed by atoms with Crippen molar-refractivity contribution in [3.05, 3.63) is 42.1 Å². The molecule has 1 aliphatic heterocycles. The Bertz CT molecular complexity index is 742. The first-order chi connectivity index (χ1) is 11.1. The van der Waals surface area contributed by atoms with Crippen molar-refractivity contribution in [2.75, 3.05) is 18.6 Å². The van der Waals surface area contributed by atoms with Gasteiger partial charge in [0.05, 0.1) is 25.5 Å². The first-order valence-corrected chi connectivity index (χ1v) is 6.98. The molecule has 0 spiro atoms. The number of benzene rings is 1. The van der Waals surface area contributed by atoms with Crippen molar-refractivity contribution in [2.45, 2.75) is 6.92 Å². The summed E-state index contributed by atoms with van der Waals surface area (Å²) >= 11 is 0. The van der Waals surface area contributed by atoms with E-state index in [2.05, 4.69) is 10.3 Å². The summed E-state index contributed by atoms with van der Waals surface area (Å²) in [6.07, 6.45) is 1.42. The number of urea groups is 1. The molecule has 7 nitrogen and oxygen atoms in total. The minimum atomic E-state index is -0.450. The van der Waals surface area contributed by atoms with E-state index in [-0.39, 0.29) is 12.5 Å². The SMILES string of the molecule is COc1cc(Oc2ccc(N3C(=O)CNC3=O)cn2)ccc1C. The van der Waals surface area contributed by atoms with E-state index in [9.17, 15) is 9.59 Å². The lowest BCUT2D eigenvalue weighted by Crippen LogP contribution is -2.30. The number of carbonyl (C=O) groups is 2. The molecule has 1 fully saturated rings. The molecule has 118 valence electrons. The third-order valence-corrected chi connectivity index (χ3v) is 3.42. The summed E-state index contributed by atoms with van der Waals surface area (Å²) in [5.74, 6) is 1.35. The molecule has 0 aliphatic carbocycles. The average molecular weight is 313 g/mol. The monoisotopic (exact) mass is 313 g/mol. The maximum Gasteiger partial charge on any atom is 0.329 e. The number of nitrogens with zero attached hydrogens (tertiary/aromatic N) is 2. The lowest BCUT2D eigenvalue weighted by molar-refractivity contribution is -0.115. The fourth-order valence-corrected chi connectivity index (χ4v) is 2.23. The molecule has 3 rings (SSSR count). The molecule has 1 aliphatic rings. The highest BCUT2D eigenvalue weighted by molar-refractivity contribution is 6.19. The zero-order chi connectivity index (χ0) is 16.4. The van der Waals surface area contributed by atoms with Gasteiger partial charge in [-0.3, -0.25) is 4.79 Å². The van der Waals surface area contributed by atoms with Gasteiger partial charge in [0.25, 0.3) is 5.91 Å². The van der Waals surface area contributed by atoms with Crippen molar-refractivity contribution in [3.63, 3.8) is 0 Å². The highest BCUT2D eigenvalue weighted by atomic mass is 16.5. The molecule has 0 saturated carbocycles. The maximum atomic E-state index is 11.6. The largest absolute Gasteiger partial charge is 0.496 e. The van der Waals surface area contributed by atoms with Gasteiger partial charge in [0, 0.05) is 12.1 Å². The van der Waals surface area contributed by atoms with E-state index in [1.54, 1.807) is 25.3 Å². The van der Waals surface area contributed by atoms with E-state index in [4.69, 9.17) is 9.47 Å². The fraction of sp³-hybridized carbons (Fsp3) is 0.188. The van der Waals surface area contributed by atoms with Gasteiger partial charge < -0.3 is 14.8 Å². The van der Waals surface area contributed by atoms with Crippen LogP contribution in [0, 0.1) is 6.92 Å². The van der Waals surface area contributed by atoms with Gasteiger partial charge in [0.15, 0.2) is 0 Å². The Kier molecular flexibility index (Phi) is 3.84. The predicted octanol–water partition coefficient (Wildman–Crippen LogP) is 2.25. The Morgan fingerprint density at radius 1 is 1.22 bits per heavy atom. The number of ether oxygens (including phenoxy) is 2. The van der Waals surface area contributed by atoms with Crippen molar-refractivity contribution in [3.8, 4) is 17.4 Å². The predicted molar refractivity (Wildman–Crippen MR) is 82.9 cm³/mol. The molecule has 1 N–H and O–H groups in total. The second kappa shape index (κ2) is 5.96. The molecule has 0 unspecified atom stereocenters. The van der Waals surface area contributed by atoms with Crippen LogP contribution in [0.15, 0.2) is 36.5 Å². The number of anilines is 1. The maximum absolute atomic E-state index is 11.6. The molecule has 0 radical (unpaired) electrons. The van der Waals surface area contributed by atoms with Crippen LogP contribution in [0.3, 0.4) is 0 Å². The second-order valence-electron chi connectivity index (χ2n) is 4.98. The fourth-order valence-electron chi connectivity index (χ4n) is 2.23. The lowest BCUT2D eigenvalue weighted by atomic mass is 10.2. The molecule has 3 amide bonds. The smallest absolute Gasteiger partial charge is 0.329 e. The van der Waals surface area contributed by atoms with Crippen LogP contribution in [-0.2, 0) is 4.79 Å². The molecule has 1 aromatic carbocycles. The summed E-state index contributed by atoms with van der Waals surface area (Å²) in [5, 5.41) is 2.45. The zero-order valence-corrected chi connectivity index (χ0v) is 12.7. The number of carbonyl (C=O) groups excluding carboxylic acids is 2. The quantitative estimate of drug-likeness (QED) is 0.876.